The van der Waals surface area contributed by atoms with Crippen molar-refractivity contribution < 1.29 is 4.79 Å². The first-order chi connectivity index (χ1) is 10.8. The molecule has 3 aliphatic rings. The molecule has 1 amide bonds. The zero-order chi connectivity index (χ0) is 15.0. The largest absolute Gasteiger partial charge is 0.341 e. The second-order valence-corrected chi connectivity index (χ2v) is 7.16. The maximum absolute atomic E-state index is 12.8. The van der Waals surface area contributed by atoms with E-state index in [9.17, 15) is 4.79 Å². The summed E-state index contributed by atoms with van der Waals surface area (Å²) in [4.78, 5) is 14.9. The normalized spacial score (nSPS) is 26.9. The lowest BCUT2D eigenvalue weighted by Crippen LogP contribution is -2.53. The van der Waals surface area contributed by atoms with Crippen LogP contribution in [0, 0.1) is 5.41 Å². The van der Waals surface area contributed by atoms with Gasteiger partial charge in [0.25, 0.3) is 0 Å². The Hall–Kier alpha value is -1.39. The SMILES string of the molecule is O=C(C1Cc2ccccc2CN1)N1CCC2(CCNC2)CC1. The number of carbonyl (C=O) groups excluding carboxylic acids is 1. The van der Waals surface area contributed by atoms with E-state index in [0.717, 1.165) is 52.0 Å². The van der Waals surface area contributed by atoms with Crippen molar-refractivity contribution in [1.29, 1.82) is 0 Å². The van der Waals surface area contributed by atoms with Crippen LogP contribution in [0.25, 0.3) is 0 Å². The number of hydrogen-bond donors (Lipinski definition) is 2. The van der Waals surface area contributed by atoms with E-state index in [1.165, 1.54) is 17.5 Å². The van der Waals surface area contributed by atoms with Crippen LogP contribution < -0.4 is 10.6 Å². The number of hydrogen-bond acceptors (Lipinski definition) is 3. The molecule has 1 spiro atoms. The van der Waals surface area contributed by atoms with Gasteiger partial charge in [-0.3, -0.25) is 4.79 Å². The van der Waals surface area contributed by atoms with Crippen molar-refractivity contribution >= 4 is 5.91 Å². The highest BCUT2D eigenvalue weighted by Gasteiger charge is 2.39. The van der Waals surface area contributed by atoms with Crippen LogP contribution in [0.3, 0.4) is 0 Å². The van der Waals surface area contributed by atoms with Gasteiger partial charge in [-0.1, -0.05) is 24.3 Å². The van der Waals surface area contributed by atoms with Gasteiger partial charge in [-0.25, -0.2) is 0 Å². The minimum atomic E-state index is -0.0364. The zero-order valence-electron chi connectivity index (χ0n) is 13.1. The van der Waals surface area contributed by atoms with Gasteiger partial charge in [-0.05, 0) is 48.8 Å². The summed E-state index contributed by atoms with van der Waals surface area (Å²) in [6.07, 6.45) is 4.44. The molecule has 1 aromatic carbocycles. The van der Waals surface area contributed by atoms with E-state index < -0.39 is 0 Å². The third-order valence-electron chi connectivity index (χ3n) is 5.85. The molecular formula is C18H25N3O. The molecule has 0 bridgehead atoms. The van der Waals surface area contributed by atoms with Crippen LogP contribution in [-0.2, 0) is 17.8 Å². The Labute approximate surface area is 132 Å². The van der Waals surface area contributed by atoms with Gasteiger partial charge in [-0.2, -0.15) is 0 Å². The van der Waals surface area contributed by atoms with Crippen molar-refractivity contribution in [3.63, 3.8) is 0 Å². The van der Waals surface area contributed by atoms with Crippen molar-refractivity contribution in [3.8, 4) is 0 Å². The Morgan fingerprint density at radius 1 is 1.14 bits per heavy atom. The van der Waals surface area contributed by atoms with Crippen LogP contribution in [0.15, 0.2) is 24.3 Å². The molecule has 1 aromatic rings. The first-order valence-electron chi connectivity index (χ1n) is 8.56. The lowest BCUT2D eigenvalue weighted by molar-refractivity contribution is -0.135. The summed E-state index contributed by atoms with van der Waals surface area (Å²) in [6.45, 7) is 4.97. The summed E-state index contributed by atoms with van der Waals surface area (Å²) in [5, 5.41) is 6.92. The molecule has 3 aliphatic heterocycles. The first kappa shape index (κ1) is 14.2. The minimum absolute atomic E-state index is 0.0364. The van der Waals surface area contributed by atoms with Gasteiger partial charge in [0, 0.05) is 26.2 Å². The van der Waals surface area contributed by atoms with Gasteiger partial charge in [-0.15, -0.1) is 0 Å². The fourth-order valence-corrected chi connectivity index (χ4v) is 4.27. The Balaban J connectivity index is 1.39. The van der Waals surface area contributed by atoms with Gasteiger partial charge < -0.3 is 15.5 Å². The van der Waals surface area contributed by atoms with E-state index in [1.807, 2.05) is 0 Å². The fraction of sp³-hybridized carbons (Fsp3) is 0.611. The van der Waals surface area contributed by atoms with Crippen molar-refractivity contribution in [2.45, 2.75) is 38.3 Å². The number of fused-ring (bicyclic) bond motifs is 1. The Morgan fingerprint density at radius 2 is 1.91 bits per heavy atom. The maximum atomic E-state index is 12.8. The Bertz CT molecular complexity index is 555. The Morgan fingerprint density at radius 3 is 2.64 bits per heavy atom. The summed E-state index contributed by atoms with van der Waals surface area (Å²) < 4.78 is 0. The molecule has 4 heteroatoms. The average molecular weight is 299 g/mol. The minimum Gasteiger partial charge on any atom is -0.341 e. The molecule has 4 rings (SSSR count). The summed E-state index contributed by atoms with van der Waals surface area (Å²) >= 11 is 0. The summed E-state index contributed by atoms with van der Waals surface area (Å²) in [5.41, 5.74) is 3.14. The second kappa shape index (κ2) is 5.67. The zero-order valence-corrected chi connectivity index (χ0v) is 13.1. The van der Waals surface area contributed by atoms with Crippen LogP contribution in [0.4, 0.5) is 0 Å². The number of piperidine rings is 1. The van der Waals surface area contributed by atoms with Gasteiger partial charge in [0.2, 0.25) is 5.91 Å². The number of amides is 1. The number of rotatable bonds is 1. The summed E-state index contributed by atoms with van der Waals surface area (Å²) in [5.74, 6) is 0.301. The van der Waals surface area contributed by atoms with E-state index >= 15 is 0 Å². The summed E-state index contributed by atoms with van der Waals surface area (Å²) in [7, 11) is 0. The van der Waals surface area contributed by atoms with Crippen molar-refractivity contribution in [2.75, 3.05) is 26.2 Å². The van der Waals surface area contributed by atoms with Gasteiger partial charge in [0.1, 0.15) is 0 Å². The smallest absolute Gasteiger partial charge is 0.240 e. The highest BCUT2D eigenvalue weighted by molar-refractivity contribution is 5.82. The van der Waals surface area contributed by atoms with E-state index in [1.54, 1.807) is 0 Å². The molecule has 0 saturated carbocycles. The van der Waals surface area contributed by atoms with E-state index in [0.29, 0.717) is 11.3 Å². The van der Waals surface area contributed by atoms with Crippen molar-refractivity contribution in [3.05, 3.63) is 35.4 Å². The van der Waals surface area contributed by atoms with Crippen LogP contribution in [0.2, 0.25) is 0 Å². The number of nitrogens with one attached hydrogen (secondary N) is 2. The number of carbonyl (C=O) groups is 1. The highest BCUT2D eigenvalue weighted by atomic mass is 16.2. The van der Waals surface area contributed by atoms with Gasteiger partial charge in [0.15, 0.2) is 0 Å². The van der Waals surface area contributed by atoms with Gasteiger partial charge >= 0.3 is 0 Å². The number of nitrogens with zero attached hydrogens (tertiary/aromatic N) is 1. The van der Waals surface area contributed by atoms with Crippen molar-refractivity contribution in [2.24, 2.45) is 5.41 Å². The molecular weight excluding hydrogens is 274 g/mol. The molecule has 1 unspecified atom stereocenters. The molecule has 22 heavy (non-hydrogen) atoms. The summed E-state index contributed by atoms with van der Waals surface area (Å²) in [6, 6.07) is 8.42. The Kier molecular flexibility index (Phi) is 3.66. The standard InChI is InChI=1S/C18H25N3O/c22-17(16-11-14-3-1-2-4-15(14)12-20-16)21-9-6-18(7-10-21)5-8-19-13-18/h1-4,16,19-20H,5-13H2. The van der Waals surface area contributed by atoms with E-state index in [-0.39, 0.29) is 6.04 Å². The molecule has 4 nitrogen and oxygen atoms in total. The highest BCUT2D eigenvalue weighted by Crippen LogP contribution is 2.37. The topological polar surface area (TPSA) is 44.4 Å². The fourth-order valence-electron chi connectivity index (χ4n) is 4.27. The van der Waals surface area contributed by atoms with Gasteiger partial charge in [0.05, 0.1) is 6.04 Å². The lowest BCUT2D eigenvalue weighted by Gasteiger charge is -2.40. The third kappa shape index (κ3) is 2.55. The number of benzene rings is 1. The van der Waals surface area contributed by atoms with Crippen molar-refractivity contribution in [1.82, 2.24) is 15.5 Å². The van der Waals surface area contributed by atoms with Crippen LogP contribution in [-0.4, -0.2) is 43.0 Å². The third-order valence-corrected chi connectivity index (χ3v) is 5.85. The molecule has 2 N–H and O–H groups in total. The molecule has 2 saturated heterocycles. The molecule has 3 heterocycles. The first-order valence-corrected chi connectivity index (χ1v) is 8.56. The monoisotopic (exact) mass is 299 g/mol. The molecule has 2 fully saturated rings. The predicted molar refractivity (Wildman–Crippen MR) is 86.5 cm³/mol. The predicted octanol–water partition coefficient (Wildman–Crippen LogP) is 1.30. The average Bonchev–Trinajstić information content (AvgIpc) is 3.02. The van der Waals surface area contributed by atoms with E-state index in [4.69, 9.17) is 0 Å². The molecule has 1 atom stereocenters. The molecule has 0 aliphatic carbocycles. The molecule has 0 radical (unpaired) electrons. The maximum Gasteiger partial charge on any atom is 0.240 e. The quantitative estimate of drug-likeness (QED) is 0.822. The second-order valence-electron chi connectivity index (χ2n) is 7.16. The number of likely N-dealkylation sites (tertiary alicyclic amines) is 1. The molecule has 118 valence electrons. The van der Waals surface area contributed by atoms with Crippen LogP contribution in [0.1, 0.15) is 30.4 Å². The lowest BCUT2D eigenvalue weighted by atomic mass is 9.77. The van der Waals surface area contributed by atoms with E-state index in [2.05, 4.69) is 39.8 Å². The molecule has 0 aromatic heterocycles. The van der Waals surface area contributed by atoms with Crippen LogP contribution >= 0.6 is 0 Å². The van der Waals surface area contributed by atoms with Crippen LogP contribution in [0.5, 0.6) is 0 Å².